The fourth-order valence-electron chi connectivity index (χ4n) is 0.776. The lowest BCUT2D eigenvalue weighted by atomic mass is 10.3. The van der Waals surface area contributed by atoms with Crippen molar-refractivity contribution < 1.29 is 19.4 Å². The molecule has 0 spiro atoms. The molecule has 0 fully saturated rings. The van der Waals surface area contributed by atoms with Crippen LogP contribution in [0.1, 0.15) is 0 Å². The van der Waals surface area contributed by atoms with Gasteiger partial charge in [-0.05, 0) is 12.1 Å². The molecule has 1 aromatic carbocycles. The van der Waals surface area contributed by atoms with Gasteiger partial charge in [0.25, 0.3) is 6.47 Å². The molecule has 0 unspecified atom stereocenters. The zero-order valence-corrected chi connectivity index (χ0v) is 6.48. The van der Waals surface area contributed by atoms with Gasteiger partial charge in [-0.2, -0.15) is 0 Å². The van der Waals surface area contributed by atoms with E-state index in [1.54, 1.807) is 6.07 Å². The van der Waals surface area contributed by atoms with E-state index in [-0.39, 0.29) is 18.0 Å². The second-order valence-corrected chi connectivity index (χ2v) is 2.05. The number of methoxy groups -OCH3 is 1. The third-order valence-electron chi connectivity index (χ3n) is 1.34. The number of ether oxygens (including phenoxy) is 2. The first kappa shape index (κ1) is 8.39. The normalized spacial score (nSPS) is 9.08. The Bertz CT molecular complexity index is 282. The van der Waals surface area contributed by atoms with Crippen LogP contribution in [0.4, 0.5) is 0 Å². The Labute approximate surface area is 69.3 Å². The topological polar surface area (TPSA) is 55.8 Å². The van der Waals surface area contributed by atoms with Crippen molar-refractivity contribution in [2.24, 2.45) is 0 Å². The molecule has 0 heterocycles. The smallest absolute Gasteiger partial charge is 0.298 e. The summed E-state index contributed by atoms with van der Waals surface area (Å²) < 4.78 is 9.27. The lowest BCUT2D eigenvalue weighted by molar-refractivity contribution is -0.120. The number of hydrogen-bond acceptors (Lipinski definition) is 4. The van der Waals surface area contributed by atoms with Crippen LogP contribution in [0.15, 0.2) is 18.2 Å². The molecule has 0 saturated carbocycles. The van der Waals surface area contributed by atoms with Gasteiger partial charge in [0.05, 0.1) is 7.11 Å². The Morgan fingerprint density at radius 3 is 2.75 bits per heavy atom. The van der Waals surface area contributed by atoms with Crippen LogP contribution in [-0.4, -0.2) is 18.7 Å². The van der Waals surface area contributed by atoms with E-state index >= 15 is 0 Å². The number of carbonyl (C=O) groups excluding carboxylic acids is 1. The summed E-state index contributed by atoms with van der Waals surface area (Å²) in [6, 6.07) is 4.39. The molecule has 1 N–H and O–H groups in total. The first-order valence-corrected chi connectivity index (χ1v) is 3.25. The van der Waals surface area contributed by atoms with Gasteiger partial charge in [0.2, 0.25) is 0 Å². The van der Waals surface area contributed by atoms with Crippen molar-refractivity contribution in [3.05, 3.63) is 18.2 Å². The number of carbonyl (C=O) groups is 1. The molecule has 0 aromatic heterocycles. The number of rotatable bonds is 3. The summed E-state index contributed by atoms with van der Waals surface area (Å²) in [5.41, 5.74) is 0. The van der Waals surface area contributed by atoms with Crippen molar-refractivity contribution in [2.45, 2.75) is 0 Å². The van der Waals surface area contributed by atoms with Crippen LogP contribution in [0.2, 0.25) is 0 Å². The highest BCUT2D eigenvalue weighted by Gasteiger charge is 2.02. The molecule has 0 aliphatic rings. The largest absolute Gasteiger partial charge is 0.504 e. The van der Waals surface area contributed by atoms with Crippen LogP contribution in [0.3, 0.4) is 0 Å². The van der Waals surface area contributed by atoms with E-state index in [1.807, 2.05) is 0 Å². The molecule has 4 heteroatoms. The third-order valence-corrected chi connectivity index (χ3v) is 1.34. The van der Waals surface area contributed by atoms with Crippen molar-refractivity contribution in [3.8, 4) is 17.2 Å². The quantitative estimate of drug-likeness (QED) is 0.682. The van der Waals surface area contributed by atoms with Crippen LogP contribution in [0, 0.1) is 0 Å². The standard InChI is InChI=1S/C8H8O4/c1-11-6-2-3-8(12-5-9)7(10)4-6/h2-5,10H,1H3. The zero-order chi connectivity index (χ0) is 8.97. The lowest BCUT2D eigenvalue weighted by Crippen LogP contribution is -1.89. The molecule has 12 heavy (non-hydrogen) atoms. The number of phenols is 1. The first-order chi connectivity index (χ1) is 5.77. The summed E-state index contributed by atoms with van der Waals surface area (Å²) in [5.74, 6) is 0.498. The van der Waals surface area contributed by atoms with Crippen molar-refractivity contribution in [2.75, 3.05) is 7.11 Å². The van der Waals surface area contributed by atoms with Crippen LogP contribution < -0.4 is 9.47 Å². The van der Waals surface area contributed by atoms with Gasteiger partial charge >= 0.3 is 0 Å². The van der Waals surface area contributed by atoms with Crippen molar-refractivity contribution in [1.29, 1.82) is 0 Å². The monoisotopic (exact) mass is 168 g/mol. The highest BCUT2D eigenvalue weighted by Crippen LogP contribution is 2.29. The minimum Gasteiger partial charge on any atom is -0.504 e. The van der Waals surface area contributed by atoms with Crippen molar-refractivity contribution in [1.82, 2.24) is 0 Å². The maximum atomic E-state index is 9.92. The molecule has 0 bridgehead atoms. The van der Waals surface area contributed by atoms with E-state index in [4.69, 9.17) is 4.74 Å². The number of aromatic hydroxyl groups is 1. The SMILES string of the molecule is COc1ccc(OC=O)c(O)c1. The Balaban J connectivity index is 2.94. The average molecular weight is 168 g/mol. The van der Waals surface area contributed by atoms with E-state index in [2.05, 4.69) is 4.74 Å². The second-order valence-electron chi connectivity index (χ2n) is 2.05. The molecular weight excluding hydrogens is 160 g/mol. The summed E-state index contributed by atoms with van der Waals surface area (Å²) in [6.07, 6.45) is 0. The van der Waals surface area contributed by atoms with Gasteiger partial charge in [-0.15, -0.1) is 0 Å². The first-order valence-electron chi connectivity index (χ1n) is 3.25. The van der Waals surface area contributed by atoms with E-state index in [1.165, 1.54) is 19.2 Å². The maximum absolute atomic E-state index is 9.92. The molecule has 0 aliphatic carbocycles. The Morgan fingerprint density at radius 1 is 1.50 bits per heavy atom. The Kier molecular flexibility index (Phi) is 2.53. The van der Waals surface area contributed by atoms with Gasteiger partial charge in [0.1, 0.15) is 5.75 Å². The Hall–Kier alpha value is -1.71. The number of hydrogen-bond donors (Lipinski definition) is 1. The predicted molar refractivity (Wildman–Crippen MR) is 41.4 cm³/mol. The van der Waals surface area contributed by atoms with Crippen molar-refractivity contribution >= 4 is 6.47 Å². The van der Waals surface area contributed by atoms with Crippen LogP contribution in [0.5, 0.6) is 17.2 Å². The summed E-state index contributed by atoms with van der Waals surface area (Å²) in [7, 11) is 1.48. The molecule has 0 saturated heterocycles. The molecule has 0 radical (unpaired) electrons. The van der Waals surface area contributed by atoms with Gasteiger partial charge in [-0.1, -0.05) is 0 Å². The fraction of sp³-hybridized carbons (Fsp3) is 0.125. The minimum atomic E-state index is -0.124. The molecule has 4 nitrogen and oxygen atoms in total. The average Bonchev–Trinajstić information content (AvgIpc) is 2.09. The van der Waals surface area contributed by atoms with E-state index in [0.29, 0.717) is 5.75 Å². The Morgan fingerprint density at radius 2 is 2.25 bits per heavy atom. The molecule has 64 valence electrons. The number of benzene rings is 1. The molecule has 0 amide bonds. The van der Waals surface area contributed by atoms with Gasteiger partial charge in [-0.3, -0.25) is 4.79 Å². The predicted octanol–water partition coefficient (Wildman–Crippen LogP) is 0.936. The minimum absolute atomic E-state index is 0.116. The third kappa shape index (κ3) is 1.66. The van der Waals surface area contributed by atoms with Crippen LogP contribution in [-0.2, 0) is 4.79 Å². The molecule has 0 atom stereocenters. The molecular formula is C8H8O4. The zero-order valence-electron chi connectivity index (χ0n) is 6.48. The lowest BCUT2D eigenvalue weighted by Gasteiger charge is -2.03. The maximum Gasteiger partial charge on any atom is 0.298 e. The highest BCUT2D eigenvalue weighted by molar-refractivity contribution is 5.52. The highest BCUT2D eigenvalue weighted by atomic mass is 16.5. The molecule has 0 aliphatic heterocycles. The molecule has 1 aromatic rings. The van der Waals surface area contributed by atoms with E-state index in [9.17, 15) is 9.90 Å². The van der Waals surface area contributed by atoms with Crippen LogP contribution >= 0.6 is 0 Å². The van der Waals surface area contributed by atoms with Gasteiger partial charge in [0, 0.05) is 6.07 Å². The molecule has 1 rings (SSSR count). The second kappa shape index (κ2) is 3.61. The summed E-state index contributed by atoms with van der Waals surface area (Å²) in [5, 5.41) is 9.19. The van der Waals surface area contributed by atoms with Gasteiger partial charge in [-0.25, -0.2) is 0 Å². The number of phenolic OH excluding ortho intramolecular Hbond substituents is 1. The van der Waals surface area contributed by atoms with Gasteiger partial charge in [0.15, 0.2) is 11.5 Å². The fourth-order valence-corrected chi connectivity index (χ4v) is 0.776. The van der Waals surface area contributed by atoms with Crippen LogP contribution in [0.25, 0.3) is 0 Å². The van der Waals surface area contributed by atoms with Gasteiger partial charge < -0.3 is 14.6 Å². The summed E-state index contributed by atoms with van der Waals surface area (Å²) in [4.78, 5) is 9.92. The summed E-state index contributed by atoms with van der Waals surface area (Å²) >= 11 is 0. The van der Waals surface area contributed by atoms with E-state index in [0.717, 1.165) is 0 Å². The van der Waals surface area contributed by atoms with Crippen molar-refractivity contribution in [3.63, 3.8) is 0 Å². The van der Waals surface area contributed by atoms with E-state index < -0.39 is 0 Å². The summed E-state index contributed by atoms with van der Waals surface area (Å²) in [6.45, 7) is 0.252.